The van der Waals surface area contributed by atoms with Crippen molar-refractivity contribution in [3.05, 3.63) is 42.4 Å². The van der Waals surface area contributed by atoms with Crippen molar-refractivity contribution in [3.63, 3.8) is 0 Å². The van der Waals surface area contributed by atoms with Crippen LogP contribution in [0, 0.1) is 0 Å². The lowest BCUT2D eigenvalue weighted by molar-refractivity contribution is -0.137. The summed E-state index contributed by atoms with van der Waals surface area (Å²) in [7, 11) is 0. The summed E-state index contributed by atoms with van der Waals surface area (Å²) in [4.78, 5) is 14.6. The van der Waals surface area contributed by atoms with Crippen LogP contribution in [0.2, 0.25) is 0 Å². The molecule has 1 saturated heterocycles. The van der Waals surface area contributed by atoms with Crippen molar-refractivity contribution in [3.8, 4) is 11.5 Å². The first-order valence-corrected chi connectivity index (χ1v) is 8.55. The molecule has 1 aliphatic rings. The highest BCUT2D eigenvalue weighted by Gasteiger charge is 2.32. The van der Waals surface area contributed by atoms with Crippen molar-refractivity contribution in [1.82, 2.24) is 19.4 Å². The molecule has 0 aromatic carbocycles. The van der Waals surface area contributed by atoms with Crippen molar-refractivity contribution >= 4 is 11.5 Å². The van der Waals surface area contributed by atoms with E-state index in [1.807, 2.05) is 4.90 Å². The van der Waals surface area contributed by atoms with E-state index in [1.54, 1.807) is 13.0 Å². The lowest BCUT2D eigenvalue weighted by Gasteiger charge is -2.35. The van der Waals surface area contributed by atoms with E-state index in [2.05, 4.69) is 15.0 Å². The normalized spacial score (nSPS) is 21.0. The Morgan fingerprint density at radius 1 is 1.15 bits per heavy atom. The number of nitrogens with zero attached hydrogens (tertiary/aromatic N) is 5. The summed E-state index contributed by atoms with van der Waals surface area (Å²) in [6.07, 6.45) is 0.676. The zero-order valence-corrected chi connectivity index (χ0v) is 14.5. The van der Waals surface area contributed by atoms with Gasteiger partial charge in [-0.3, -0.25) is 4.40 Å². The molecule has 4 rings (SSSR count). The Bertz CT molecular complexity index is 979. The van der Waals surface area contributed by atoms with Crippen LogP contribution in [0.1, 0.15) is 25.3 Å². The molecule has 0 saturated carbocycles. The van der Waals surface area contributed by atoms with Crippen LogP contribution in [0.5, 0.6) is 0 Å². The maximum atomic E-state index is 14.3. The Kier molecular flexibility index (Phi) is 4.05. The quantitative estimate of drug-likeness (QED) is 0.628. The fourth-order valence-electron chi connectivity index (χ4n) is 3.35. The van der Waals surface area contributed by atoms with Crippen LogP contribution >= 0.6 is 0 Å². The second-order valence-corrected chi connectivity index (χ2v) is 6.96. The lowest BCUT2D eigenvalue weighted by atomic mass is 9.97. The predicted octanol–water partition coefficient (Wildman–Crippen LogP) is 4.14. The minimum atomic E-state index is -4.46. The van der Waals surface area contributed by atoms with Crippen LogP contribution < -0.4 is 4.90 Å². The predicted molar refractivity (Wildman–Crippen MR) is 92.2 cm³/mol. The fourth-order valence-corrected chi connectivity index (χ4v) is 3.35. The first-order chi connectivity index (χ1) is 12.7. The van der Waals surface area contributed by atoms with E-state index in [0.29, 0.717) is 36.5 Å². The zero-order chi connectivity index (χ0) is 19.2. The van der Waals surface area contributed by atoms with Gasteiger partial charge in [-0.15, -0.1) is 0 Å². The number of hydrogen-bond donors (Lipinski definition) is 0. The van der Waals surface area contributed by atoms with Gasteiger partial charge in [0.05, 0.1) is 18.3 Å². The second kappa shape index (κ2) is 6.17. The number of halogens is 4. The second-order valence-electron chi connectivity index (χ2n) is 6.96. The monoisotopic (exact) mass is 379 g/mol. The maximum Gasteiger partial charge on any atom is 0.417 e. The SMILES string of the molecule is CC1(F)CCCN(c2ccnc(-c3cnc4ccc(C(F)(F)F)cn34)n2)C1. The van der Waals surface area contributed by atoms with E-state index in [9.17, 15) is 17.6 Å². The summed E-state index contributed by atoms with van der Waals surface area (Å²) in [6, 6.07) is 3.96. The van der Waals surface area contributed by atoms with Gasteiger partial charge in [0, 0.05) is 18.9 Å². The molecule has 0 N–H and O–H groups in total. The van der Waals surface area contributed by atoms with E-state index >= 15 is 0 Å². The van der Waals surface area contributed by atoms with Gasteiger partial charge in [0.25, 0.3) is 0 Å². The Labute approximate surface area is 152 Å². The van der Waals surface area contributed by atoms with Crippen LogP contribution in [-0.2, 0) is 6.18 Å². The molecule has 142 valence electrons. The number of piperidine rings is 1. The first-order valence-electron chi connectivity index (χ1n) is 8.55. The molecule has 1 atom stereocenters. The van der Waals surface area contributed by atoms with Crippen molar-refractivity contribution in [2.75, 3.05) is 18.0 Å². The third-order valence-electron chi connectivity index (χ3n) is 4.67. The maximum absolute atomic E-state index is 14.3. The molecule has 3 aromatic heterocycles. The summed E-state index contributed by atoms with van der Waals surface area (Å²) in [5, 5.41) is 0. The largest absolute Gasteiger partial charge is 0.417 e. The van der Waals surface area contributed by atoms with E-state index in [0.717, 1.165) is 12.3 Å². The minimum Gasteiger partial charge on any atom is -0.353 e. The molecule has 1 fully saturated rings. The molecular weight excluding hydrogens is 362 g/mol. The molecule has 0 spiro atoms. The minimum absolute atomic E-state index is 0.217. The number of hydrogen-bond acceptors (Lipinski definition) is 4. The van der Waals surface area contributed by atoms with Crippen molar-refractivity contribution < 1.29 is 17.6 Å². The fraction of sp³-hybridized carbons (Fsp3) is 0.389. The summed E-state index contributed by atoms with van der Waals surface area (Å²) < 4.78 is 54.7. The van der Waals surface area contributed by atoms with Crippen LogP contribution in [0.15, 0.2) is 36.8 Å². The van der Waals surface area contributed by atoms with Gasteiger partial charge < -0.3 is 4.90 Å². The summed E-state index contributed by atoms with van der Waals surface area (Å²) in [5.41, 5.74) is -1.37. The highest BCUT2D eigenvalue weighted by atomic mass is 19.4. The van der Waals surface area contributed by atoms with E-state index in [-0.39, 0.29) is 12.4 Å². The molecule has 4 heterocycles. The molecular formula is C18H17F4N5. The van der Waals surface area contributed by atoms with Crippen molar-refractivity contribution in [1.29, 1.82) is 0 Å². The van der Waals surface area contributed by atoms with Gasteiger partial charge in [-0.1, -0.05) is 0 Å². The van der Waals surface area contributed by atoms with E-state index in [1.165, 1.54) is 22.9 Å². The topological polar surface area (TPSA) is 46.3 Å². The number of imidazole rings is 1. The van der Waals surface area contributed by atoms with Crippen LogP contribution in [0.25, 0.3) is 17.2 Å². The standard InChI is InChI=1S/C18H17F4N5/c1-17(19)6-2-8-26(11-17)15-5-7-23-16(25-15)13-9-24-14-4-3-12(10-27(13)14)18(20,21)22/h3-5,7,9-10H,2,6,8,11H2,1H3. The van der Waals surface area contributed by atoms with Gasteiger partial charge in [-0.2, -0.15) is 13.2 Å². The molecule has 3 aromatic rings. The van der Waals surface area contributed by atoms with Gasteiger partial charge >= 0.3 is 6.18 Å². The van der Waals surface area contributed by atoms with Gasteiger partial charge in [0.2, 0.25) is 0 Å². The summed E-state index contributed by atoms with van der Waals surface area (Å²) >= 11 is 0. The molecule has 0 bridgehead atoms. The van der Waals surface area contributed by atoms with Crippen LogP contribution in [0.4, 0.5) is 23.4 Å². The smallest absolute Gasteiger partial charge is 0.353 e. The number of fused-ring (bicyclic) bond motifs is 1. The van der Waals surface area contributed by atoms with E-state index in [4.69, 9.17) is 0 Å². The first kappa shape index (κ1) is 17.7. The Balaban J connectivity index is 1.74. The van der Waals surface area contributed by atoms with Gasteiger partial charge in [-0.05, 0) is 38.0 Å². The van der Waals surface area contributed by atoms with Crippen LogP contribution in [0.3, 0.4) is 0 Å². The molecule has 0 radical (unpaired) electrons. The Morgan fingerprint density at radius 3 is 2.70 bits per heavy atom. The number of aromatic nitrogens is 4. The molecule has 0 amide bonds. The van der Waals surface area contributed by atoms with E-state index < -0.39 is 17.4 Å². The average Bonchev–Trinajstić information content (AvgIpc) is 3.03. The summed E-state index contributed by atoms with van der Waals surface area (Å²) in [5.74, 6) is 0.788. The Hall–Kier alpha value is -2.71. The third-order valence-corrected chi connectivity index (χ3v) is 4.67. The number of alkyl halides is 4. The molecule has 27 heavy (non-hydrogen) atoms. The van der Waals surface area contributed by atoms with Gasteiger partial charge in [0.15, 0.2) is 5.82 Å². The Morgan fingerprint density at radius 2 is 1.96 bits per heavy atom. The van der Waals surface area contributed by atoms with Gasteiger partial charge in [0.1, 0.15) is 22.8 Å². The molecule has 0 aliphatic carbocycles. The highest BCUT2D eigenvalue weighted by Crippen LogP contribution is 2.31. The summed E-state index contributed by atoms with van der Waals surface area (Å²) in [6.45, 7) is 2.45. The number of pyridine rings is 1. The number of rotatable bonds is 2. The third kappa shape index (κ3) is 3.45. The lowest BCUT2D eigenvalue weighted by Crippen LogP contribution is -2.43. The molecule has 5 nitrogen and oxygen atoms in total. The zero-order valence-electron chi connectivity index (χ0n) is 14.5. The van der Waals surface area contributed by atoms with Crippen molar-refractivity contribution in [2.24, 2.45) is 0 Å². The molecule has 1 aliphatic heterocycles. The van der Waals surface area contributed by atoms with Crippen molar-refractivity contribution in [2.45, 2.75) is 31.6 Å². The molecule has 1 unspecified atom stereocenters. The van der Waals surface area contributed by atoms with Crippen LogP contribution in [-0.4, -0.2) is 38.1 Å². The highest BCUT2D eigenvalue weighted by molar-refractivity contribution is 5.59. The van der Waals surface area contributed by atoms with Gasteiger partial charge in [-0.25, -0.2) is 19.3 Å². The molecule has 9 heteroatoms. The number of anilines is 1. The average molecular weight is 379 g/mol.